The van der Waals surface area contributed by atoms with Crippen LogP contribution in [0.15, 0.2) is 24.3 Å². The van der Waals surface area contributed by atoms with E-state index in [9.17, 15) is 0 Å². The molecule has 1 radical (unpaired) electrons. The molecule has 1 N–H and O–H groups in total. The van der Waals surface area contributed by atoms with Gasteiger partial charge < -0.3 is 5.32 Å². The first-order valence-corrected chi connectivity index (χ1v) is 5.11. The highest BCUT2D eigenvalue weighted by Crippen LogP contribution is 2.37. The average molecular weight is 172 g/mol. The average Bonchev–Trinajstić information content (AvgIpc) is 2.65. The lowest BCUT2D eigenvalue weighted by Gasteiger charge is -2.27. The number of aryl methyl sites for hydroxylation is 1. The van der Waals surface area contributed by atoms with Gasteiger partial charge in [-0.25, -0.2) is 0 Å². The van der Waals surface area contributed by atoms with E-state index in [1.807, 2.05) is 0 Å². The zero-order valence-electron chi connectivity index (χ0n) is 7.66. The number of hydrogen-bond donors (Lipinski definition) is 1. The Labute approximate surface area is 79.2 Å². The molecule has 1 nitrogen and oxygen atoms in total. The van der Waals surface area contributed by atoms with Crippen LogP contribution in [0.25, 0.3) is 0 Å². The molecule has 0 saturated carbocycles. The van der Waals surface area contributed by atoms with Crippen molar-refractivity contribution in [2.75, 3.05) is 0 Å². The quantitative estimate of drug-likeness (QED) is 0.633. The molecule has 2 aliphatic rings. The van der Waals surface area contributed by atoms with E-state index in [1.54, 1.807) is 11.1 Å². The van der Waals surface area contributed by atoms with Crippen molar-refractivity contribution in [2.45, 2.75) is 31.2 Å². The van der Waals surface area contributed by atoms with Crippen LogP contribution in [0.3, 0.4) is 0 Å². The van der Waals surface area contributed by atoms with Crippen LogP contribution < -0.4 is 5.32 Å². The van der Waals surface area contributed by atoms with Crippen molar-refractivity contribution in [3.63, 3.8) is 0 Å². The Kier molecular flexibility index (Phi) is 1.66. The number of rotatable bonds is 0. The molecule has 0 spiro atoms. The van der Waals surface area contributed by atoms with E-state index in [-0.39, 0.29) is 0 Å². The summed E-state index contributed by atoms with van der Waals surface area (Å²) >= 11 is 0. The molecule has 1 aromatic rings. The summed E-state index contributed by atoms with van der Waals surface area (Å²) in [5.41, 5.74) is 3.15. The van der Waals surface area contributed by atoms with Gasteiger partial charge in [0, 0.05) is 18.5 Å². The van der Waals surface area contributed by atoms with Gasteiger partial charge in [0.05, 0.1) is 0 Å². The second kappa shape index (κ2) is 2.85. The van der Waals surface area contributed by atoms with E-state index in [0.717, 1.165) is 12.0 Å². The van der Waals surface area contributed by atoms with E-state index in [1.165, 1.54) is 19.3 Å². The van der Waals surface area contributed by atoms with Crippen molar-refractivity contribution in [3.05, 3.63) is 41.9 Å². The third-order valence-electron chi connectivity index (χ3n) is 3.37. The highest BCUT2D eigenvalue weighted by Gasteiger charge is 2.32. The SMILES string of the molecule is [CH]1CC2c3ccccc3CCC2N1. The van der Waals surface area contributed by atoms with Gasteiger partial charge in [-0.05, 0) is 30.4 Å². The van der Waals surface area contributed by atoms with Crippen molar-refractivity contribution in [2.24, 2.45) is 0 Å². The molecule has 1 heteroatoms. The standard InChI is InChI=1S/C12H14N/c1-2-4-10-9(3-1)5-6-12-11(10)7-8-13-12/h1-4,8,11-13H,5-7H2. The Morgan fingerprint density at radius 3 is 3.15 bits per heavy atom. The number of hydrogen-bond acceptors (Lipinski definition) is 1. The zero-order chi connectivity index (χ0) is 8.67. The minimum absolute atomic E-state index is 0.717. The lowest BCUT2D eigenvalue weighted by molar-refractivity contribution is 0.484. The molecule has 0 bridgehead atoms. The first-order chi connectivity index (χ1) is 6.45. The van der Waals surface area contributed by atoms with Crippen molar-refractivity contribution in [3.8, 4) is 0 Å². The fourth-order valence-corrected chi connectivity index (χ4v) is 2.69. The molecule has 0 aromatic heterocycles. The highest BCUT2D eigenvalue weighted by atomic mass is 15.0. The fraction of sp³-hybridized carbons (Fsp3) is 0.417. The normalized spacial score (nSPS) is 31.1. The molecule has 2 unspecified atom stereocenters. The van der Waals surface area contributed by atoms with Crippen LogP contribution in [0.1, 0.15) is 29.9 Å². The molecule has 3 rings (SSSR count). The van der Waals surface area contributed by atoms with Crippen molar-refractivity contribution in [1.82, 2.24) is 5.32 Å². The van der Waals surface area contributed by atoms with Gasteiger partial charge in [0.15, 0.2) is 0 Å². The van der Waals surface area contributed by atoms with Gasteiger partial charge in [-0.1, -0.05) is 24.3 Å². The van der Waals surface area contributed by atoms with Crippen LogP contribution in [-0.2, 0) is 6.42 Å². The van der Waals surface area contributed by atoms with Crippen LogP contribution in [0, 0.1) is 6.54 Å². The Morgan fingerprint density at radius 2 is 2.15 bits per heavy atom. The van der Waals surface area contributed by atoms with Crippen molar-refractivity contribution >= 4 is 0 Å². The number of benzene rings is 1. The summed E-state index contributed by atoms with van der Waals surface area (Å²) in [6.45, 7) is 2.23. The topological polar surface area (TPSA) is 12.0 Å². The lowest BCUT2D eigenvalue weighted by Crippen LogP contribution is -2.29. The molecule has 1 aliphatic carbocycles. The molecular formula is C12H14N. The van der Waals surface area contributed by atoms with Crippen LogP contribution in [0.2, 0.25) is 0 Å². The van der Waals surface area contributed by atoms with E-state index in [4.69, 9.17) is 0 Å². The largest absolute Gasteiger partial charge is 0.309 e. The van der Waals surface area contributed by atoms with Crippen LogP contribution in [-0.4, -0.2) is 6.04 Å². The Hall–Kier alpha value is -0.820. The molecule has 2 atom stereocenters. The molecule has 67 valence electrons. The van der Waals surface area contributed by atoms with Gasteiger partial charge >= 0.3 is 0 Å². The highest BCUT2D eigenvalue weighted by molar-refractivity contribution is 5.35. The fourth-order valence-electron chi connectivity index (χ4n) is 2.69. The summed E-state index contributed by atoms with van der Waals surface area (Å²) in [6.07, 6.45) is 3.76. The molecular weight excluding hydrogens is 158 g/mol. The van der Waals surface area contributed by atoms with Gasteiger partial charge in [0.1, 0.15) is 0 Å². The molecule has 1 fully saturated rings. The first-order valence-electron chi connectivity index (χ1n) is 5.11. The Morgan fingerprint density at radius 1 is 1.23 bits per heavy atom. The number of fused-ring (bicyclic) bond motifs is 3. The number of nitrogens with one attached hydrogen (secondary N) is 1. The van der Waals surface area contributed by atoms with Crippen molar-refractivity contribution in [1.29, 1.82) is 0 Å². The summed E-state index contributed by atoms with van der Waals surface area (Å²) in [5.74, 6) is 0.755. The molecule has 0 amide bonds. The summed E-state index contributed by atoms with van der Waals surface area (Å²) in [7, 11) is 0. The maximum Gasteiger partial charge on any atom is 0.0230 e. The predicted octanol–water partition coefficient (Wildman–Crippen LogP) is 2.24. The van der Waals surface area contributed by atoms with Crippen molar-refractivity contribution < 1.29 is 0 Å². The summed E-state index contributed by atoms with van der Waals surface area (Å²) in [5, 5.41) is 3.47. The van der Waals surface area contributed by atoms with Gasteiger partial charge in [0.2, 0.25) is 0 Å². The zero-order valence-corrected chi connectivity index (χ0v) is 7.66. The maximum absolute atomic E-state index is 3.47. The van der Waals surface area contributed by atoms with E-state index >= 15 is 0 Å². The lowest BCUT2D eigenvalue weighted by atomic mass is 9.80. The second-order valence-electron chi connectivity index (χ2n) is 4.06. The van der Waals surface area contributed by atoms with E-state index in [2.05, 4.69) is 36.1 Å². The van der Waals surface area contributed by atoms with Crippen LogP contribution in [0.4, 0.5) is 0 Å². The molecule has 1 saturated heterocycles. The van der Waals surface area contributed by atoms with Gasteiger partial charge in [0.25, 0.3) is 0 Å². The Bertz CT molecular complexity index is 319. The first kappa shape index (κ1) is 7.57. The predicted molar refractivity (Wildman–Crippen MR) is 53.3 cm³/mol. The van der Waals surface area contributed by atoms with Gasteiger partial charge in [-0.15, -0.1) is 0 Å². The summed E-state index contributed by atoms with van der Waals surface area (Å²) < 4.78 is 0. The van der Waals surface area contributed by atoms with E-state index < -0.39 is 0 Å². The van der Waals surface area contributed by atoms with Crippen LogP contribution >= 0.6 is 0 Å². The van der Waals surface area contributed by atoms with Gasteiger partial charge in [-0.3, -0.25) is 0 Å². The minimum Gasteiger partial charge on any atom is -0.309 e. The van der Waals surface area contributed by atoms with Gasteiger partial charge in [-0.2, -0.15) is 0 Å². The minimum atomic E-state index is 0.717. The van der Waals surface area contributed by atoms with E-state index in [0.29, 0.717) is 0 Å². The summed E-state index contributed by atoms with van der Waals surface area (Å²) in [6, 6.07) is 9.62. The third-order valence-corrected chi connectivity index (χ3v) is 3.37. The van der Waals surface area contributed by atoms with Crippen LogP contribution in [0.5, 0.6) is 0 Å². The smallest absolute Gasteiger partial charge is 0.0230 e. The molecule has 1 heterocycles. The third kappa shape index (κ3) is 1.11. The maximum atomic E-state index is 3.47. The molecule has 1 aromatic carbocycles. The second-order valence-corrected chi connectivity index (χ2v) is 4.06. The molecule has 13 heavy (non-hydrogen) atoms. The monoisotopic (exact) mass is 172 g/mol. The Balaban J connectivity index is 2.06. The molecule has 1 aliphatic heterocycles. The summed E-state index contributed by atoms with van der Waals surface area (Å²) in [4.78, 5) is 0.